The van der Waals surface area contributed by atoms with Crippen LogP contribution in [0.15, 0.2) is 71.8 Å². The second-order valence-electron chi connectivity index (χ2n) is 12.7. The molecule has 2 aliphatic rings. The highest BCUT2D eigenvalue weighted by molar-refractivity contribution is 6.04. The molecule has 0 atom stereocenters. The highest BCUT2D eigenvalue weighted by atomic mass is 16.1. The van der Waals surface area contributed by atoms with E-state index in [1.807, 2.05) is 51.1 Å². The Morgan fingerprint density at radius 3 is 2.50 bits per heavy atom. The number of anilines is 2. The lowest BCUT2D eigenvalue weighted by Crippen LogP contribution is -2.46. The molecule has 2 saturated heterocycles. The molecule has 4 aromatic rings. The lowest BCUT2D eigenvalue weighted by molar-refractivity contribution is 0.102. The van der Waals surface area contributed by atoms with Crippen molar-refractivity contribution in [3.05, 3.63) is 94.0 Å². The van der Waals surface area contributed by atoms with Gasteiger partial charge in [0.25, 0.3) is 11.5 Å². The zero-order chi connectivity index (χ0) is 30.8. The van der Waals surface area contributed by atoms with Gasteiger partial charge in [-0.05, 0) is 113 Å². The summed E-state index contributed by atoms with van der Waals surface area (Å²) in [6, 6.07) is 21.6. The molecule has 0 bridgehead atoms. The van der Waals surface area contributed by atoms with E-state index >= 15 is 0 Å². The Morgan fingerprint density at radius 1 is 0.977 bits per heavy atom. The maximum absolute atomic E-state index is 13.9. The molecule has 0 unspecified atom stereocenters. The van der Waals surface area contributed by atoms with Crippen molar-refractivity contribution in [2.24, 2.45) is 0 Å². The van der Waals surface area contributed by atoms with Gasteiger partial charge >= 0.3 is 0 Å². The highest BCUT2D eigenvalue weighted by Gasteiger charge is 2.26. The van der Waals surface area contributed by atoms with Crippen molar-refractivity contribution in [2.45, 2.75) is 64.3 Å². The number of rotatable bonds is 6. The van der Waals surface area contributed by atoms with Crippen molar-refractivity contribution in [1.29, 1.82) is 5.26 Å². The number of benzene rings is 3. The summed E-state index contributed by atoms with van der Waals surface area (Å²) in [4.78, 5) is 36.7. The Morgan fingerprint density at radius 2 is 1.75 bits per heavy atom. The van der Waals surface area contributed by atoms with Crippen LogP contribution in [0.1, 0.15) is 67.4 Å². The van der Waals surface area contributed by atoms with E-state index in [1.165, 1.54) is 32.4 Å². The van der Waals surface area contributed by atoms with Crippen LogP contribution in [0.4, 0.5) is 11.4 Å². The fourth-order valence-electron chi connectivity index (χ4n) is 6.51. The molecule has 2 fully saturated rings. The number of amides is 1. The summed E-state index contributed by atoms with van der Waals surface area (Å²) in [6.45, 7) is 10.0. The first-order valence-corrected chi connectivity index (χ1v) is 15.7. The van der Waals surface area contributed by atoms with E-state index in [9.17, 15) is 14.9 Å². The van der Waals surface area contributed by atoms with E-state index in [0.29, 0.717) is 33.9 Å². The lowest BCUT2D eigenvalue weighted by Gasteiger charge is -2.41. The molecule has 44 heavy (non-hydrogen) atoms. The summed E-state index contributed by atoms with van der Waals surface area (Å²) in [5.41, 5.74) is 4.24. The molecule has 226 valence electrons. The number of carbonyl (C=O) groups is 1. The number of likely N-dealkylation sites (tertiary alicyclic amines) is 1. The average Bonchev–Trinajstić information content (AvgIpc) is 3.06. The zero-order valence-electron chi connectivity index (χ0n) is 25.8. The van der Waals surface area contributed by atoms with Crippen LogP contribution in [0.5, 0.6) is 0 Å². The fourth-order valence-corrected chi connectivity index (χ4v) is 6.51. The van der Waals surface area contributed by atoms with Gasteiger partial charge in [-0.15, -0.1) is 0 Å². The Hall–Kier alpha value is -4.48. The fraction of sp³-hybridized carbons (Fsp3) is 0.389. The summed E-state index contributed by atoms with van der Waals surface area (Å²) < 4.78 is 1.57. The molecule has 6 rings (SSSR count). The Kier molecular flexibility index (Phi) is 8.24. The number of nitrogens with one attached hydrogen (secondary N) is 1. The first-order valence-electron chi connectivity index (χ1n) is 15.7. The molecule has 1 N–H and O–H groups in total. The lowest BCUT2D eigenvalue weighted by atomic mass is 9.85. The van der Waals surface area contributed by atoms with Crippen LogP contribution in [-0.4, -0.2) is 52.6 Å². The van der Waals surface area contributed by atoms with Gasteiger partial charge in [0.2, 0.25) is 0 Å². The Bertz CT molecular complexity index is 1790. The van der Waals surface area contributed by atoms with Gasteiger partial charge in [0.1, 0.15) is 6.33 Å². The third-order valence-corrected chi connectivity index (χ3v) is 9.33. The standard InChI is InChI=1S/C36H40N6O2/c1-25-10-11-28(39-34(43)26-8-7-9-27(20-26)36(2,3)23-37)21-33(25)42-24-38-32-13-12-30(22-31(32)35(42)44)41-18-14-29(15-19-41)40-16-5-4-6-17-40/h7-13,20-22,24,29H,4-6,14-19H2,1-3H3,(H,39,43). The summed E-state index contributed by atoms with van der Waals surface area (Å²) in [5.74, 6) is -0.284. The first kappa shape index (κ1) is 29.6. The average molecular weight is 589 g/mol. The molecule has 3 heterocycles. The quantitative estimate of drug-likeness (QED) is 0.288. The highest BCUT2D eigenvalue weighted by Crippen LogP contribution is 2.27. The summed E-state index contributed by atoms with van der Waals surface area (Å²) in [7, 11) is 0. The van der Waals surface area contributed by atoms with E-state index in [4.69, 9.17) is 0 Å². The van der Waals surface area contributed by atoms with Gasteiger partial charge < -0.3 is 15.1 Å². The summed E-state index contributed by atoms with van der Waals surface area (Å²) >= 11 is 0. The molecule has 2 aliphatic heterocycles. The topological polar surface area (TPSA) is 94.3 Å². The number of aryl methyl sites for hydroxylation is 1. The van der Waals surface area contributed by atoms with Gasteiger partial charge in [0.15, 0.2) is 0 Å². The molecule has 8 heteroatoms. The Balaban J connectivity index is 1.23. The van der Waals surface area contributed by atoms with Gasteiger partial charge in [-0.3, -0.25) is 14.2 Å². The smallest absolute Gasteiger partial charge is 0.265 e. The normalized spacial score (nSPS) is 16.5. The first-order chi connectivity index (χ1) is 21.2. The molecule has 0 saturated carbocycles. The van der Waals surface area contributed by atoms with Crippen molar-refractivity contribution < 1.29 is 4.79 Å². The Labute approximate surface area is 258 Å². The number of nitrogens with zero attached hydrogens (tertiary/aromatic N) is 5. The van der Waals surface area contributed by atoms with Crippen molar-refractivity contribution in [2.75, 3.05) is 36.4 Å². The predicted octanol–water partition coefficient (Wildman–Crippen LogP) is 6.20. The number of piperidine rings is 2. The second-order valence-corrected chi connectivity index (χ2v) is 12.7. The number of fused-ring (bicyclic) bond motifs is 1. The van der Waals surface area contributed by atoms with E-state index < -0.39 is 5.41 Å². The number of aromatic nitrogens is 2. The molecule has 3 aromatic carbocycles. The van der Waals surface area contributed by atoms with Gasteiger partial charge in [0, 0.05) is 36.1 Å². The van der Waals surface area contributed by atoms with Crippen molar-refractivity contribution in [1.82, 2.24) is 14.5 Å². The maximum Gasteiger partial charge on any atom is 0.265 e. The third-order valence-electron chi connectivity index (χ3n) is 9.33. The molecule has 0 aliphatic carbocycles. The van der Waals surface area contributed by atoms with Gasteiger partial charge in [-0.2, -0.15) is 5.26 Å². The molecule has 8 nitrogen and oxygen atoms in total. The van der Waals surface area contributed by atoms with Crippen LogP contribution >= 0.6 is 0 Å². The molecule has 1 aromatic heterocycles. The van der Waals surface area contributed by atoms with E-state index in [1.54, 1.807) is 35.2 Å². The number of carbonyl (C=O) groups excluding carboxylic acids is 1. The van der Waals surface area contributed by atoms with Gasteiger partial charge in [0.05, 0.1) is 28.1 Å². The largest absolute Gasteiger partial charge is 0.371 e. The SMILES string of the molecule is Cc1ccc(NC(=O)c2cccc(C(C)(C)C#N)c2)cc1-n1cnc2ccc(N3CCC(N4CCCCC4)CC3)cc2c1=O. The summed E-state index contributed by atoms with van der Waals surface area (Å²) in [5, 5.41) is 13.1. The van der Waals surface area contributed by atoms with Crippen molar-refractivity contribution in [3.8, 4) is 11.8 Å². The van der Waals surface area contributed by atoms with Crippen molar-refractivity contribution in [3.63, 3.8) is 0 Å². The maximum atomic E-state index is 13.9. The van der Waals surface area contributed by atoms with Crippen LogP contribution in [0, 0.1) is 18.3 Å². The number of nitriles is 1. The van der Waals surface area contributed by atoms with Crippen LogP contribution in [0.2, 0.25) is 0 Å². The number of hydrogen-bond acceptors (Lipinski definition) is 6. The molecule has 0 spiro atoms. The predicted molar refractivity (Wildman–Crippen MR) is 176 cm³/mol. The molecular formula is C36H40N6O2. The van der Waals surface area contributed by atoms with E-state index in [-0.39, 0.29) is 11.5 Å². The minimum Gasteiger partial charge on any atom is -0.371 e. The minimum atomic E-state index is -0.707. The van der Waals surface area contributed by atoms with E-state index in [2.05, 4.69) is 32.2 Å². The van der Waals surface area contributed by atoms with Crippen LogP contribution in [0.3, 0.4) is 0 Å². The monoisotopic (exact) mass is 588 g/mol. The third kappa shape index (κ3) is 5.97. The van der Waals surface area contributed by atoms with E-state index in [0.717, 1.165) is 42.7 Å². The van der Waals surface area contributed by atoms with Gasteiger partial charge in [-0.25, -0.2) is 4.98 Å². The van der Waals surface area contributed by atoms with Gasteiger partial charge in [-0.1, -0.05) is 24.6 Å². The second kappa shape index (κ2) is 12.3. The van der Waals surface area contributed by atoms with Crippen LogP contribution < -0.4 is 15.8 Å². The van der Waals surface area contributed by atoms with Crippen LogP contribution in [0.25, 0.3) is 16.6 Å². The minimum absolute atomic E-state index is 0.141. The molecule has 1 amide bonds. The summed E-state index contributed by atoms with van der Waals surface area (Å²) in [6.07, 6.45) is 7.84. The van der Waals surface area contributed by atoms with Crippen LogP contribution in [-0.2, 0) is 5.41 Å². The molecular weight excluding hydrogens is 548 g/mol. The number of hydrogen-bond donors (Lipinski definition) is 1. The van der Waals surface area contributed by atoms with Crippen molar-refractivity contribution >= 4 is 28.2 Å². The molecule has 0 radical (unpaired) electrons. The zero-order valence-corrected chi connectivity index (χ0v) is 25.8.